The number of esters is 2. The highest BCUT2D eigenvalue weighted by molar-refractivity contribution is 5.82. The molecule has 2 unspecified atom stereocenters. The van der Waals surface area contributed by atoms with Crippen LogP contribution in [0.2, 0.25) is 0 Å². The molecular formula is C26H48O4. The van der Waals surface area contributed by atoms with Crippen molar-refractivity contribution in [3.63, 3.8) is 0 Å². The first kappa shape index (κ1) is 27.0. The van der Waals surface area contributed by atoms with E-state index >= 15 is 0 Å². The fourth-order valence-electron chi connectivity index (χ4n) is 4.27. The Kier molecular flexibility index (Phi) is 14.9. The summed E-state index contributed by atoms with van der Waals surface area (Å²) in [6, 6.07) is 0. The minimum atomic E-state index is -0.308. The quantitative estimate of drug-likeness (QED) is 0.196. The van der Waals surface area contributed by atoms with Crippen molar-refractivity contribution in [3.8, 4) is 0 Å². The SMILES string of the molecule is CC(C)CCCCCCCCOC(=O)C1CCCCC1C(=O)OCCCCC(C)C. The second-order valence-electron chi connectivity index (χ2n) is 10.0. The third-order valence-corrected chi connectivity index (χ3v) is 6.21. The third-order valence-electron chi connectivity index (χ3n) is 6.21. The molecule has 2 atom stereocenters. The van der Waals surface area contributed by atoms with Crippen molar-refractivity contribution in [2.45, 2.75) is 118 Å². The summed E-state index contributed by atoms with van der Waals surface area (Å²) in [4.78, 5) is 25.1. The maximum Gasteiger partial charge on any atom is 0.309 e. The number of carbonyl (C=O) groups is 2. The van der Waals surface area contributed by atoms with Gasteiger partial charge in [0.1, 0.15) is 0 Å². The molecular weight excluding hydrogens is 376 g/mol. The summed E-state index contributed by atoms with van der Waals surface area (Å²) in [5, 5.41) is 0. The summed E-state index contributed by atoms with van der Waals surface area (Å²) in [7, 11) is 0. The molecule has 0 aliphatic heterocycles. The van der Waals surface area contributed by atoms with Crippen LogP contribution < -0.4 is 0 Å². The highest BCUT2D eigenvalue weighted by atomic mass is 16.5. The van der Waals surface area contributed by atoms with Crippen molar-refractivity contribution in [3.05, 3.63) is 0 Å². The van der Waals surface area contributed by atoms with E-state index in [4.69, 9.17) is 9.47 Å². The van der Waals surface area contributed by atoms with Crippen molar-refractivity contribution < 1.29 is 19.1 Å². The van der Waals surface area contributed by atoms with Crippen molar-refractivity contribution in [2.75, 3.05) is 13.2 Å². The summed E-state index contributed by atoms with van der Waals surface area (Å²) >= 11 is 0. The highest BCUT2D eigenvalue weighted by Gasteiger charge is 2.37. The first-order chi connectivity index (χ1) is 14.4. The molecule has 0 aromatic rings. The molecule has 1 rings (SSSR count). The Bertz CT molecular complexity index is 458. The summed E-state index contributed by atoms with van der Waals surface area (Å²) in [6.07, 6.45) is 15.1. The normalized spacial score (nSPS) is 19.3. The number of hydrogen-bond acceptors (Lipinski definition) is 4. The predicted octanol–water partition coefficient (Wildman–Crippen LogP) is 7.09. The third kappa shape index (κ3) is 12.6. The van der Waals surface area contributed by atoms with E-state index in [9.17, 15) is 9.59 Å². The molecule has 176 valence electrons. The Morgan fingerprint density at radius 2 is 1.00 bits per heavy atom. The maximum atomic E-state index is 12.6. The molecule has 0 aromatic heterocycles. The van der Waals surface area contributed by atoms with Crippen molar-refractivity contribution in [1.82, 2.24) is 0 Å². The van der Waals surface area contributed by atoms with Crippen LogP contribution in [0.5, 0.6) is 0 Å². The van der Waals surface area contributed by atoms with Crippen LogP contribution in [-0.2, 0) is 19.1 Å². The average Bonchev–Trinajstić information content (AvgIpc) is 2.71. The van der Waals surface area contributed by atoms with Gasteiger partial charge in [0.05, 0.1) is 25.0 Å². The number of carbonyl (C=O) groups excluding carboxylic acids is 2. The lowest BCUT2D eigenvalue weighted by Crippen LogP contribution is -2.35. The molecule has 4 nitrogen and oxygen atoms in total. The Morgan fingerprint density at radius 1 is 0.633 bits per heavy atom. The van der Waals surface area contributed by atoms with E-state index in [1.54, 1.807) is 0 Å². The topological polar surface area (TPSA) is 52.6 Å². The molecule has 0 amide bonds. The van der Waals surface area contributed by atoms with E-state index < -0.39 is 0 Å². The van der Waals surface area contributed by atoms with Gasteiger partial charge in [-0.1, -0.05) is 85.5 Å². The van der Waals surface area contributed by atoms with Crippen molar-refractivity contribution >= 4 is 11.9 Å². The van der Waals surface area contributed by atoms with E-state index in [1.165, 1.54) is 32.1 Å². The second-order valence-corrected chi connectivity index (χ2v) is 10.0. The molecule has 0 spiro atoms. The zero-order chi connectivity index (χ0) is 22.2. The lowest BCUT2D eigenvalue weighted by molar-refractivity contribution is -0.163. The lowest BCUT2D eigenvalue weighted by Gasteiger charge is -2.28. The monoisotopic (exact) mass is 424 g/mol. The summed E-state index contributed by atoms with van der Waals surface area (Å²) < 4.78 is 11.0. The first-order valence-electron chi connectivity index (χ1n) is 12.7. The summed E-state index contributed by atoms with van der Waals surface area (Å²) in [5.74, 6) is 0.490. The van der Waals surface area contributed by atoms with Crippen LogP contribution in [0.25, 0.3) is 0 Å². The van der Waals surface area contributed by atoms with E-state index in [0.717, 1.165) is 63.7 Å². The molecule has 4 heteroatoms. The Balaban J connectivity index is 2.19. The number of rotatable bonds is 16. The van der Waals surface area contributed by atoms with Gasteiger partial charge in [-0.2, -0.15) is 0 Å². The van der Waals surface area contributed by atoms with Crippen LogP contribution in [0, 0.1) is 23.7 Å². The van der Waals surface area contributed by atoms with E-state index in [1.807, 2.05) is 0 Å². The van der Waals surface area contributed by atoms with Gasteiger partial charge in [0.25, 0.3) is 0 Å². The minimum absolute atomic E-state index is 0.187. The van der Waals surface area contributed by atoms with Gasteiger partial charge in [-0.15, -0.1) is 0 Å². The van der Waals surface area contributed by atoms with Gasteiger partial charge in [-0.3, -0.25) is 9.59 Å². The van der Waals surface area contributed by atoms with Crippen molar-refractivity contribution in [1.29, 1.82) is 0 Å². The molecule has 0 bridgehead atoms. The molecule has 0 radical (unpaired) electrons. The fourth-order valence-corrected chi connectivity index (χ4v) is 4.27. The molecule has 0 heterocycles. The highest BCUT2D eigenvalue weighted by Crippen LogP contribution is 2.32. The molecule has 1 aliphatic carbocycles. The van der Waals surface area contributed by atoms with Gasteiger partial charge in [-0.05, 0) is 43.9 Å². The van der Waals surface area contributed by atoms with Crippen LogP contribution >= 0.6 is 0 Å². The van der Waals surface area contributed by atoms with E-state index in [-0.39, 0.29) is 23.8 Å². The van der Waals surface area contributed by atoms with Gasteiger partial charge in [0, 0.05) is 0 Å². The standard InChI is InChI=1S/C26H48O4/c1-21(2)15-9-7-5-6-8-13-19-29-25(27)23-17-10-11-18-24(23)26(28)30-20-14-12-16-22(3)4/h21-24H,5-20H2,1-4H3. The maximum absolute atomic E-state index is 12.6. The molecule has 30 heavy (non-hydrogen) atoms. The molecule has 0 N–H and O–H groups in total. The van der Waals surface area contributed by atoms with Crippen molar-refractivity contribution in [2.24, 2.45) is 23.7 Å². The summed E-state index contributed by atoms with van der Waals surface area (Å²) in [6.45, 7) is 9.92. The second kappa shape index (κ2) is 16.6. The van der Waals surface area contributed by atoms with Crippen LogP contribution in [0.1, 0.15) is 118 Å². The molecule has 0 saturated heterocycles. The lowest BCUT2D eigenvalue weighted by atomic mass is 9.79. The minimum Gasteiger partial charge on any atom is -0.465 e. The fraction of sp³-hybridized carbons (Fsp3) is 0.923. The molecule has 0 aromatic carbocycles. The Labute approximate surface area is 185 Å². The predicted molar refractivity (Wildman–Crippen MR) is 123 cm³/mol. The average molecular weight is 425 g/mol. The zero-order valence-electron chi connectivity index (χ0n) is 20.3. The molecule has 1 aliphatic rings. The summed E-state index contributed by atoms with van der Waals surface area (Å²) in [5.41, 5.74) is 0. The van der Waals surface area contributed by atoms with Crippen LogP contribution in [0.4, 0.5) is 0 Å². The van der Waals surface area contributed by atoms with Gasteiger partial charge >= 0.3 is 11.9 Å². The first-order valence-corrected chi connectivity index (χ1v) is 12.7. The van der Waals surface area contributed by atoms with Gasteiger partial charge < -0.3 is 9.47 Å². The van der Waals surface area contributed by atoms with Gasteiger partial charge in [-0.25, -0.2) is 0 Å². The number of hydrogen-bond donors (Lipinski definition) is 0. The molecule has 1 saturated carbocycles. The van der Waals surface area contributed by atoms with Crippen LogP contribution in [0.15, 0.2) is 0 Å². The Morgan fingerprint density at radius 3 is 1.47 bits per heavy atom. The number of unbranched alkanes of at least 4 members (excludes halogenated alkanes) is 6. The zero-order valence-corrected chi connectivity index (χ0v) is 20.3. The van der Waals surface area contributed by atoms with E-state index in [2.05, 4.69) is 27.7 Å². The number of ether oxygens (including phenoxy) is 2. The van der Waals surface area contributed by atoms with Gasteiger partial charge in [0.2, 0.25) is 0 Å². The largest absolute Gasteiger partial charge is 0.465 e. The van der Waals surface area contributed by atoms with E-state index in [0.29, 0.717) is 19.1 Å². The van der Waals surface area contributed by atoms with Gasteiger partial charge in [0.15, 0.2) is 0 Å². The smallest absolute Gasteiger partial charge is 0.309 e. The van der Waals surface area contributed by atoms with Crippen LogP contribution in [0.3, 0.4) is 0 Å². The molecule has 1 fully saturated rings. The van der Waals surface area contributed by atoms with Crippen LogP contribution in [-0.4, -0.2) is 25.2 Å². The Hall–Kier alpha value is -1.06.